The highest BCUT2D eigenvalue weighted by molar-refractivity contribution is 9.10. The molecule has 0 N–H and O–H groups in total. The number of hydrogen-bond acceptors (Lipinski definition) is 4. The highest BCUT2D eigenvalue weighted by atomic mass is 79.9. The molecule has 6 heteroatoms. The molecular formula is C9H8BrN3O2. The number of nitrogens with zero attached hydrogens (tertiary/aromatic N) is 3. The quantitative estimate of drug-likeness (QED) is 0.779. The van der Waals surface area contributed by atoms with E-state index >= 15 is 0 Å². The van der Waals surface area contributed by atoms with Crippen molar-refractivity contribution in [3.8, 4) is 0 Å². The van der Waals surface area contributed by atoms with E-state index in [0.29, 0.717) is 16.9 Å². The molecule has 0 aliphatic rings. The standard InChI is InChI=1S/C9H8BrN3O2/c1-2-15-9(14)6-3-4-8-11-5-7(10)13(8)12-6/h3-5H,2H2,1H3. The van der Waals surface area contributed by atoms with Gasteiger partial charge in [-0.05, 0) is 35.0 Å². The molecule has 2 aromatic rings. The molecule has 78 valence electrons. The Hall–Kier alpha value is -1.43. The summed E-state index contributed by atoms with van der Waals surface area (Å²) >= 11 is 3.27. The van der Waals surface area contributed by atoms with Crippen molar-refractivity contribution in [3.05, 3.63) is 28.6 Å². The van der Waals surface area contributed by atoms with Crippen molar-refractivity contribution in [3.63, 3.8) is 0 Å². The number of rotatable bonds is 2. The SMILES string of the molecule is CCOC(=O)c1ccc2ncc(Br)n2n1. The molecule has 2 aromatic heterocycles. The van der Waals surface area contributed by atoms with E-state index in [1.807, 2.05) is 0 Å². The fraction of sp³-hybridized carbons (Fsp3) is 0.222. The Kier molecular flexibility index (Phi) is 2.68. The molecule has 0 spiro atoms. The zero-order chi connectivity index (χ0) is 10.8. The van der Waals surface area contributed by atoms with Crippen LogP contribution in [0.3, 0.4) is 0 Å². The van der Waals surface area contributed by atoms with Gasteiger partial charge in [0.15, 0.2) is 11.3 Å². The Morgan fingerprint density at radius 3 is 3.13 bits per heavy atom. The highest BCUT2D eigenvalue weighted by Gasteiger charge is 2.10. The minimum atomic E-state index is -0.431. The molecule has 0 aromatic carbocycles. The largest absolute Gasteiger partial charge is 0.461 e. The van der Waals surface area contributed by atoms with Gasteiger partial charge in [0, 0.05) is 0 Å². The summed E-state index contributed by atoms with van der Waals surface area (Å²) in [7, 11) is 0. The number of imidazole rings is 1. The average Bonchev–Trinajstić information content (AvgIpc) is 2.60. The molecule has 0 fully saturated rings. The van der Waals surface area contributed by atoms with Crippen LogP contribution >= 0.6 is 15.9 Å². The van der Waals surface area contributed by atoms with Crippen LogP contribution in [-0.2, 0) is 4.74 Å². The van der Waals surface area contributed by atoms with Crippen molar-refractivity contribution >= 4 is 27.5 Å². The fourth-order valence-corrected chi connectivity index (χ4v) is 1.52. The van der Waals surface area contributed by atoms with Crippen molar-refractivity contribution in [2.45, 2.75) is 6.92 Å². The predicted octanol–water partition coefficient (Wildman–Crippen LogP) is 1.67. The summed E-state index contributed by atoms with van der Waals surface area (Å²) in [6.07, 6.45) is 1.62. The van der Waals surface area contributed by atoms with Crippen molar-refractivity contribution in [2.24, 2.45) is 0 Å². The van der Waals surface area contributed by atoms with Crippen LogP contribution < -0.4 is 0 Å². The maximum Gasteiger partial charge on any atom is 0.358 e. The van der Waals surface area contributed by atoms with Gasteiger partial charge in [-0.3, -0.25) is 0 Å². The number of carbonyl (C=O) groups excluding carboxylic acids is 1. The lowest BCUT2D eigenvalue weighted by Gasteiger charge is -2.01. The summed E-state index contributed by atoms with van der Waals surface area (Å²) < 4.78 is 7.07. The van der Waals surface area contributed by atoms with E-state index in [4.69, 9.17) is 4.74 Å². The second-order valence-corrected chi connectivity index (χ2v) is 3.60. The van der Waals surface area contributed by atoms with Crippen LogP contribution in [0.15, 0.2) is 22.9 Å². The highest BCUT2D eigenvalue weighted by Crippen LogP contribution is 2.11. The Balaban J connectivity index is 2.45. The molecule has 2 rings (SSSR count). The smallest absolute Gasteiger partial charge is 0.358 e. The Morgan fingerprint density at radius 2 is 2.40 bits per heavy atom. The van der Waals surface area contributed by atoms with Gasteiger partial charge in [0.1, 0.15) is 4.60 Å². The lowest BCUT2D eigenvalue weighted by molar-refractivity contribution is 0.0517. The van der Waals surface area contributed by atoms with Crippen molar-refractivity contribution in [1.29, 1.82) is 0 Å². The van der Waals surface area contributed by atoms with Gasteiger partial charge in [0.2, 0.25) is 0 Å². The molecule has 15 heavy (non-hydrogen) atoms. The minimum absolute atomic E-state index is 0.267. The van der Waals surface area contributed by atoms with Crippen molar-refractivity contribution in [1.82, 2.24) is 14.6 Å². The van der Waals surface area contributed by atoms with Gasteiger partial charge in [-0.25, -0.2) is 14.3 Å². The molecule has 0 saturated heterocycles. The van der Waals surface area contributed by atoms with E-state index in [9.17, 15) is 4.79 Å². The van der Waals surface area contributed by atoms with E-state index in [1.54, 1.807) is 25.3 Å². The third-order valence-corrected chi connectivity index (χ3v) is 2.35. The van der Waals surface area contributed by atoms with E-state index in [-0.39, 0.29) is 5.69 Å². The molecule has 0 bridgehead atoms. The first-order valence-electron chi connectivity index (χ1n) is 4.39. The average molecular weight is 270 g/mol. The normalized spacial score (nSPS) is 10.5. The first-order chi connectivity index (χ1) is 7.22. The number of fused-ring (bicyclic) bond motifs is 1. The summed E-state index contributed by atoms with van der Waals surface area (Å²) in [5.74, 6) is -0.431. The summed E-state index contributed by atoms with van der Waals surface area (Å²) in [4.78, 5) is 15.5. The van der Waals surface area contributed by atoms with Gasteiger partial charge >= 0.3 is 5.97 Å². The summed E-state index contributed by atoms with van der Waals surface area (Å²) in [5, 5.41) is 4.09. The molecule has 0 unspecified atom stereocenters. The Labute approximate surface area is 94.2 Å². The third kappa shape index (κ3) is 1.85. The topological polar surface area (TPSA) is 56.5 Å². The molecular weight excluding hydrogens is 262 g/mol. The third-order valence-electron chi connectivity index (χ3n) is 1.81. The van der Waals surface area contributed by atoms with Crippen LogP contribution in [-0.4, -0.2) is 27.2 Å². The zero-order valence-electron chi connectivity index (χ0n) is 7.98. The van der Waals surface area contributed by atoms with Crippen LogP contribution in [0.4, 0.5) is 0 Å². The fourth-order valence-electron chi connectivity index (χ4n) is 1.16. The number of ether oxygens (including phenoxy) is 1. The molecule has 0 amide bonds. The lowest BCUT2D eigenvalue weighted by atomic mass is 10.4. The van der Waals surface area contributed by atoms with Crippen LogP contribution in [0.1, 0.15) is 17.4 Å². The molecule has 0 aliphatic heterocycles. The number of aromatic nitrogens is 3. The Morgan fingerprint density at radius 1 is 1.60 bits per heavy atom. The minimum Gasteiger partial charge on any atom is -0.461 e. The summed E-state index contributed by atoms with van der Waals surface area (Å²) in [5.41, 5.74) is 0.943. The van der Waals surface area contributed by atoms with Gasteiger partial charge in [-0.15, -0.1) is 0 Å². The molecule has 0 aliphatic carbocycles. The van der Waals surface area contributed by atoms with E-state index in [2.05, 4.69) is 26.0 Å². The lowest BCUT2D eigenvalue weighted by Crippen LogP contribution is -2.09. The van der Waals surface area contributed by atoms with Crippen molar-refractivity contribution < 1.29 is 9.53 Å². The number of hydrogen-bond donors (Lipinski definition) is 0. The molecule has 2 heterocycles. The second kappa shape index (κ2) is 3.98. The molecule has 0 atom stereocenters. The summed E-state index contributed by atoms with van der Waals surface area (Å²) in [6.45, 7) is 2.09. The van der Waals surface area contributed by atoms with Crippen LogP contribution in [0, 0.1) is 0 Å². The zero-order valence-corrected chi connectivity index (χ0v) is 9.56. The van der Waals surface area contributed by atoms with Gasteiger partial charge in [-0.1, -0.05) is 0 Å². The van der Waals surface area contributed by atoms with Gasteiger partial charge in [0.25, 0.3) is 0 Å². The number of halogens is 1. The number of esters is 1. The first kappa shape index (κ1) is 10.1. The predicted molar refractivity (Wildman–Crippen MR) is 56.6 cm³/mol. The summed E-state index contributed by atoms with van der Waals surface area (Å²) in [6, 6.07) is 3.30. The molecule has 5 nitrogen and oxygen atoms in total. The Bertz CT molecular complexity index is 509. The number of carbonyl (C=O) groups is 1. The molecule has 0 radical (unpaired) electrons. The first-order valence-corrected chi connectivity index (χ1v) is 5.19. The van der Waals surface area contributed by atoms with Crippen LogP contribution in [0.5, 0.6) is 0 Å². The monoisotopic (exact) mass is 269 g/mol. The van der Waals surface area contributed by atoms with E-state index in [0.717, 1.165) is 0 Å². The van der Waals surface area contributed by atoms with Gasteiger partial charge in [-0.2, -0.15) is 5.10 Å². The van der Waals surface area contributed by atoms with Crippen LogP contribution in [0.2, 0.25) is 0 Å². The van der Waals surface area contributed by atoms with Crippen LogP contribution in [0.25, 0.3) is 5.65 Å². The van der Waals surface area contributed by atoms with Gasteiger partial charge < -0.3 is 4.74 Å². The molecule has 0 saturated carbocycles. The van der Waals surface area contributed by atoms with E-state index in [1.165, 1.54) is 4.52 Å². The van der Waals surface area contributed by atoms with Gasteiger partial charge in [0.05, 0.1) is 12.8 Å². The van der Waals surface area contributed by atoms with Crippen molar-refractivity contribution in [2.75, 3.05) is 6.61 Å². The maximum absolute atomic E-state index is 11.4. The second-order valence-electron chi connectivity index (χ2n) is 2.79. The maximum atomic E-state index is 11.4. The van der Waals surface area contributed by atoms with E-state index < -0.39 is 5.97 Å².